The van der Waals surface area contributed by atoms with Crippen molar-refractivity contribution in [3.05, 3.63) is 59.3 Å². The number of aromatic nitrogens is 6. The number of pyridine rings is 1. The fourth-order valence-electron chi connectivity index (χ4n) is 4.70. The van der Waals surface area contributed by atoms with Crippen LogP contribution in [0.15, 0.2) is 35.1 Å². The number of hydrogen-bond donors (Lipinski definition) is 1. The molecule has 0 aromatic carbocycles. The highest BCUT2D eigenvalue weighted by molar-refractivity contribution is 5.90. The Kier molecular flexibility index (Phi) is 4.63. The summed E-state index contributed by atoms with van der Waals surface area (Å²) >= 11 is 0. The molecular weight excluding hydrogens is 427 g/mol. The monoisotopic (exact) mass is 450 g/mol. The van der Waals surface area contributed by atoms with E-state index in [9.17, 15) is 9.18 Å². The van der Waals surface area contributed by atoms with Gasteiger partial charge in [0.1, 0.15) is 12.2 Å². The van der Waals surface area contributed by atoms with Crippen LogP contribution in [0.1, 0.15) is 52.2 Å². The number of halogens is 1. The largest absolute Gasteiger partial charge is 0.399 e. The maximum absolute atomic E-state index is 13.5. The lowest BCUT2D eigenvalue weighted by Gasteiger charge is -2.32. The van der Waals surface area contributed by atoms with E-state index in [-0.39, 0.29) is 17.8 Å². The van der Waals surface area contributed by atoms with E-state index in [4.69, 9.17) is 9.52 Å². The van der Waals surface area contributed by atoms with Crippen LogP contribution in [0.25, 0.3) is 5.52 Å². The minimum Gasteiger partial charge on any atom is -0.399 e. The Balaban J connectivity index is 1.35. The summed E-state index contributed by atoms with van der Waals surface area (Å²) in [6.45, 7) is 3.45. The number of imidazole rings is 1. The van der Waals surface area contributed by atoms with Crippen molar-refractivity contribution >= 4 is 17.4 Å². The lowest BCUT2D eigenvalue weighted by atomic mass is 9.99. The van der Waals surface area contributed by atoms with Gasteiger partial charge in [0.05, 0.1) is 23.2 Å². The Morgan fingerprint density at radius 1 is 1.24 bits per heavy atom. The van der Waals surface area contributed by atoms with Crippen LogP contribution in [0.2, 0.25) is 0 Å². The molecule has 0 spiro atoms. The molecule has 0 aliphatic carbocycles. The predicted molar refractivity (Wildman–Crippen MR) is 116 cm³/mol. The SMILES string of the molecule is Cc1cccn2nc([C@@H]3c4nc[nH]c4CCN3C(=O)c3nnc(N4CCC(F)CC4)o3)cc12. The molecule has 2 aliphatic heterocycles. The van der Waals surface area contributed by atoms with Gasteiger partial charge >= 0.3 is 17.8 Å². The van der Waals surface area contributed by atoms with Crippen LogP contribution in [0.5, 0.6) is 0 Å². The van der Waals surface area contributed by atoms with E-state index in [1.165, 1.54) is 0 Å². The van der Waals surface area contributed by atoms with E-state index in [1.807, 2.05) is 40.7 Å². The summed E-state index contributed by atoms with van der Waals surface area (Å²) < 4.78 is 21.0. The van der Waals surface area contributed by atoms with E-state index in [0.717, 1.165) is 28.2 Å². The molecule has 170 valence electrons. The van der Waals surface area contributed by atoms with Gasteiger partial charge in [0, 0.05) is 37.9 Å². The molecule has 0 radical (unpaired) electrons. The minimum absolute atomic E-state index is 0.0868. The number of H-pyrrole nitrogens is 1. The van der Waals surface area contributed by atoms with E-state index in [2.05, 4.69) is 20.2 Å². The Hall–Kier alpha value is -3.76. The number of rotatable bonds is 3. The summed E-state index contributed by atoms with van der Waals surface area (Å²) in [7, 11) is 0. The number of nitrogens with zero attached hydrogens (tertiary/aromatic N) is 7. The number of fused-ring (bicyclic) bond motifs is 2. The standard InChI is InChI=1S/C22H23FN8O2/c1-13-3-2-7-31-17(13)11-16(28-31)19-18-15(24-12-25-18)6-10-30(19)21(32)20-26-27-22(33-20)29-8-4-14(23)5-9-29/h2-3,7,11-12,14,19H,4-6,8-10H2,1H3,(H,24,25)/t19-/m1/s1. The third-order valence-electron chi connectivity index (χ3n) is 6.49. The van der Waals surface area contributed by atoms with Gasteiger partial charge in [0.15, 0.2) is 0 Å². The maximum Gasteiger partial charge on any atom is 0.318 e. The summed E-state index contributed by atoms with van der Waals surface area (Å²) in [6, 6.07) is 5.72. The zero-order valence-corrected chi connectivity index (χ0v) is 18.1. The molecule has 1 amide bonds. The molecule has 0 unspecified atom stereocenters. The van der Waals surface area contributed by atoms with Crippen LogP contribution in [0.3, 0.4) is 0 Å². The normalized spacial score (nSPS) is 19.3. The van der Waals surface area contributed by atoms with Crippen LogP contribution in [0, 0.1) is 6.92 Å². The molecule has 2 aliphatic rings. The minimum atomic E-state index is -0.809. The third kappa shape index (κ3) is 3.35. The number of nitrogens with one attached hydrogen (secondary N) is 1. The highest BCUT2D eigenvalue weighted by Gasteiger charge is 2.38. The first-order chi connectivity index (χ1) is 16.1. The summed E-state index contributed by atoms with van der Waals surface area (Å²) in [5, 5.41) is 12.8. The van der Waals surface area contributed by atoms with E-state index >= 15 is 0 Å². The number of carbonyl (C=O) groups excluding carboxylic acids is 1. The Labute approximate surface area is 188 Å². The summed E-state index contributed by atoms with van der Waals surface area (Å²) in [6.07, 6.45) is 4.18. The molecular formula is C22H23FN8O2. The number of alkyl halides is 1. The molecule has 0 saturated carbocycles. The van der Waals surface area contributed by atoms with Crippen molar-refractivity contribution in [2.75, 3.05) is 24.5 Å². The molecule has 11 heteroatoms. The first-order valence-corrected chi connectivity index (χ1v) is 11.1. The molecule has 1 atom stereocenters. The van der Waals surface area contributed by atoms with Gasteiger partial charge in [-0.15, -0.1) is 5.10 Å². The second-order valence-electron chi connectivity index (χ2n) is 8.56. The number of aryl methyl sites for hydroxylation is 1. The maximum atomic E-state index is 13.5. The number of amides is 1. The number of hydrogen-bond acceptors (Lipinski definition) is 7. The van der Waals surface area contributed by atoms with Crippen molar-refractivity contribution in [1.82, 2.24) is 34.7 Å². The Morgan fingerprint density at radius 2 is 2.09 bits per heavy atom. The second-order valence-corrected chi connectivity index (χ2v) is 8.56. The van der Waals surface area contributed by atoms with Crippen molar-refractivity contribution in [2.24, 2.45) is 0 Å². The first-order valence-electron chi connectivity index (χ1n) is 11.1. The molecule has 6 rings (SSSR count). The van der Waals surface area contributed by atoms with Gasteiger partial charge in [-0.25, -0.2) is 13.9 Å². The van der Waals surface area contributed by atoms with Crippen molar-refractivity contribution in [3.63, 3.8) is 0 Å². The summed E-state index contributed by atoms with van der Waals surface area (Å²) in [5.74, 6) is -0.460. The van der Waals surface area contributed by atoms with Crippen LogP contribution < -0.4 is 4.90 Å². The highest BCUT2D eigenvalue weighted by Crippen LogP contribution is 2.34. The van der Waals surface area contributed by atoms with Gasteiger partial charge in [0.2, 0.25) is 0 Å². The zero-order valence-electron chi connectivity index (χ0n) is 18.1. The molecule has 10 nitrogen and oxygen atoms in total. The van der Waals surface area contributed by atoms with E-state index in [1.54, 1.807) is 11.2 Å². The first kappa shape index (κ1) is 19.9. The van der Waals surface area contributed by atoms with E-state index in [0.29, 0.717) is 38.9 Å². The molecule has 4 aromatic heterocycles. The molecule has 1 saturated heterocycles. The average Bonchev–Trinajstić information content (AvgIpc) is 3.57. The lowest BCUT2D eigenvalue weighted by Crippen LogP contribution is -2.41. The number of carbonyl (C=O) groups is 1. The van der Waals surface area contributed by atoms with Crippen molar-refractivity contribution in [1.29, 1.82) is 0 Å². The van der Waals surface area contributed by atoms with Gasteiger partial charge in [-0.2, -0.15) is 5.10 Å². The fourth-order valence-corrected chi connectivity index (χ4v) is 4.70. The Bertz CT molecular complexity index is 1320. The van der Waals surface area contributed by atoms with Crippen molar-refractivity contribution in [2.45, 2.75) is 38.4 Å². The summed E-state index contributed by atoms with van der Waals surface area (Å²) in [4.78, 5) is 24.7. The predicted octanol–water partition coefficient (Wildman–Crippen LogP) is 2.48. The van der Waals surface area contributed by atoms with Gasteiger partial charge in [0.25, 0.3) is 0 Å². The van der Waals surface area contributed by atoms with Crippen LogP contribution in [0.4, 0.5) is 10.4 Å². The topological polar surface area (TPSA) is 108 Å². The van der Waals surface area contributed by atoms with E-state index < -0.39 is 12.2 Å². The second kappa shape index (κ2) is 7.68. The molecule has 4 aromatic rings. The van der Waals surface area contributed by atoms with Crippen LogP contribution in [-0.2, 0) is 6.42 Å². The molecule has 0 bridgehead atoms. The molecule has 1 fully saturated rings. The number of anilines is 1. The molecule has 33 heavy (non-hydrogen) atoms. The zero-order chi connectivity index (χ0) is 22.5. The lowest BCUT2D eigenvalue weighted by molar-refractivity contribution is 0.0646. The fraction of sp³-hybridized carbons (Fsp3) is 0.409. The van der Waals surface area contributed by atoms with Crippen LogP contribution >= 0.6 is 0 Å². The molecule has 1 N–H and O–H groups in total. The third-order valence-corrected chi connectivity index (χ3v) is 6.49. The van der Waals surface area contributed by atoms with Crippen LogP contribution in [-0.4, -0.2) is 66.4 Å². The highest BCUT2D eigenvalue weighted by atomic mass is 19.1. The van der Waals surface area contributed by atoms with Gasteiger partial charge in [-0.05, 0) is 37.5 Å². The Morgan fingerprint density at radius 3 is 2.91 bits per heavy atom. The van der Waals surface area contributed by atoms with Crippen molar-refractivity contribution in [3.8, 4) is 0 Å². The number of aromatic amines is 1. The quantitative estimate of drug-likeness (QED) is 0.511. The van der Waals surface area contributed by atoms with Gasteiger partial charge in [-0.3, -0.25) is 4.79 Å². The van der Waals surface area contributed by atoms with Gasteiger partial charge < -0.3 is 19.2 Å². The van der Waals surface area contributed by atoms with Crippen molar-refractivity contribution < 1.29 is 13.6 Å². The molecule has 6 heterocycles. The smallest absolute Gasteiger partial charge is 0.318 e. The average molecular weight is 450 g/mol. The summed E-state index contributed by atoms with van der Waals surface area (Å²) in [5.41, 5.74) is 4.53. The van der Waals surface area contributed by atoms with Gasteiger partial charge in [-0.1, -0.05) is 11.2 Å². The number of piperidine rings is 1.